The summed E-state index contributed by atoms with van der Waals surface area (Å²) in [6.45, 7) is 4.94. The van der Waals surface area contributed by atoms with Gasteiger partial charge in [0.05, 0.1) is 0 Å². The third-order valence-electron chi connectivity index (χ3n) is 2.56. The summed E-state index contributed by atoms with van der Waals surface area (Å²) in [7, 11) is 0. The molecule has 0 aromatic heterocycles. The highest BCUT2D eigenvalue weighted by Gasteiger charge is 2.15. The zero-order chi connectivity index (χ0) is 11.0. The first-order valence-corrected chi connectivity index (χ1v) is 5.52. The first-order chi connectivity index (χ1) is 6.60. The van der Waals surface area contributed by atoms with Crippen LogP contribution < -0.4 is 5.73 Å². The number of halogens is 1. The molecule has 15 heavy (non-hydrogen) atoms. The van der Waals surface area contributed by atoms with Crippen LogP contribution in [0.25, 0.3) is 0 Å². The van der Waals surface area contributed by atoms with E-state index in [9.17, 15) is 4.79 Å². The number of hydrogen-bond donors (Lipinski definition) is 2. The van der Waals surface area contributed by atoms with E-state index >= 15 is 0 Å². The van der Waals surface area contributed by atoms with Crippen molar-refractivity contribution in [3.63, 3.8) is 0 Å². The first kappa shape index (κ1) is 17.1. The lowest BCUT2D eigenvalue weighted by atomic mass is 9.88. The van der Waals surface area contributed by atoms with E-state index in [1.54, 1.807) is 0 Å². The van der Waals surface area contributed by atoms with Crippen LogP contribution in [-0.4, -0.2) is 17.6 Å². The Balaban J connectivity index is 0. The van der Waals surface area contributed by atoms with Gasteiger partial charge in [-0.1, -0.05) is 26.7 Å². The molecule has 0 aliphatic carbocycles. The Hall–Kier alpha value is -0.280. The van der Waals surface area contributed by atoms with Gasteiger partial charge >= 0.3 is 5.97 Å². The monoisotopic (exact) mass is 237 g/mol. The molecule has 0 bridgehead atoms. The van der Waals surface area contributed by atoms with Gasteiger partial charge in [0.15, 0.2) is 0 Å². The third kappa shape index (κ3) is 10.0. The summed E-state index contributed by atoms with van der Waals surface area (Å²) in [5.74, 6) is 0.182. The smallest absolute Gasteiger partial charge is 0.303 e. The van der Waals surface area contributed by atoms with E-state index in [1.807, 2.05) is 0 Å². The summed E-state index contributed by atoms with van der Waals surface area (Å²) in [4.78, 5) is 10.6. The second kappa shape index (κ2) is 10.2. The maximum absolute atomic E-state index is 10.6. The minimum absolute atomic E-state index is 0. The summed E-state index contributed by atoms with van der Waals surface area (Å²) in [6, 6.07) is 0. The molecule has 3 nitrogen and oxygen atoms in total. The van der Waals surface area contributed by atoms with Crippen molar-refractivity contribution in [3.8, 4) is 0 Å². The van der Waals surface area contributed by atoms with Crippen molar-refractivity contribution >= 4 is 18.4 Å². The molecule has 92 valence electrons. The van der Waals surface area contributed by atoms with Crippen molar-refractivity contribution in [1.29, 1.82) is 0 Å². The van der Waals surface area contributed by atoms with Crippen LogP contribution in [0.3, 0.4) is 0 Å². The lowest BCUT2D eigenvalue weighted by molar-refractivity contribution is -0.138. The Morgan fingerprint density at radius 3 is 2.40 bits per heavy atom. The van der Waals surface area contributed by atoms with Crippen LogP contribution in [0.4, 0.5) is 0 Å². The van der Waals surface area contributed by atoms with Gasteiger partial charge in [-0.25, -0.2) is 0 Å². The van der Waals surface area contributed by atoms with Gasteiger partial charge in [-0.2, -0.15) is 0 Å². The minimum atomic E-state index is -0.702. The molecular formula is C11H24ClNO2. The zero-order valence-corrected chi connectivity index (χ0v) is 10.6. The van der Waals surface area contributed by atoms with Gasteiger partial charge in [-0.15, -0.1) is 12.4 Å². The van der Waals surface area contributed by atoms with Crippen LogP contribution in [0.1, 0.15) is 46.0 Å². The Morgan fingerprint density at radius 1 is 1.40 bits per heavy atom. The second-order valence-corrected chi connectivity index (χ2v) is 4.17. The molecule has 0 saturated carbocycles. The molecular weight excluding hydrogens is 214 g/mol. The van der Waals surface area contributed by atoms with Crippen LogP contribution in [0.15, 0.2) is 0 Å². The zero-order valence-electron chi connectivity index (χ0n) is 9.74. The summed E-state index contributed by atoms with van der Waals surface area (Å²) in [5, 5.41) is 8.71. The summed E-state index contributed by atoms with van der Waals surface area (Å²) < 4.78 is 0. The Bertz CT molecular complexity index is 165. The van der Waals surface area contributed by atoms with Gasteiger partial charge in [0, 0.05) is 6.42 Å². The van der Waals surface area contributed by atoms with Gasteiger partial charge in [0.1, 0.15) is 0 Å². The van der Waals surface area contributed by atoms with Crippen LogP contribution in [0, 0.1) is 11.8 Å². The van der Waals surface area contributed by atoms with E-state index in [0.717, 1.165) is 12.8 Å². The molecule has 0 spiro atoms. The molecule has 0 aliphatic rings. The number of rotatable bonds is 8. The number of aliphatic carboxylic acids is 1. The van der Waals surface area contributed by atoms with Gasteiger partial charge in [-0.05, 0) is 31.2 Å². The van der Waals surface area contributed by atoms with Crippen LogP contribution in [0.2, 0.25) is 0 Å². The molecule has 2 atom stereocenters. The fraction of sp³-hybridized carbons (Fsp3) is 0.909. The summed E-state index contributed by atoms with van der Waals surface area (Å²) in [6.07, 6.45) is 4.45. The van der Waals surface area contributed by atoms with E-state index in [1.165, 1.54) is 12.8 Å². The molecule has 0 saturated heterocycles. The lowest BCUT2D eigenvalue weighted by Crippen LogP contribution is -2.15. The molecule has 4 heteroatoms. The molecule has 0 heterocycles. The Labute approximate surface area is 98.8 Å². The molecule has 0 aromatic rings. The minimum Gasteiger partial charge on any atom is -0.481 e. The average Bonchev–Trinajstić information content (AvgIpc) is 2.03. The van der Waals surface area contributed by atoms with Crippen molar-refractivity contribution in [2.45, 2.75) is 46.0 Å². The molecule has 3 N–H and O–H groups in total. The molecule has 0 radical (unpaired) electrons. The maximum Gasteiger partial charge on any atom is 0.303 e. The van der Waals surface area contributed by atoms with Gasteiger partial charge < -0.3 is 10.8 Å². The molecule has 0 fully saturated rings. The number of carbonyl (C=O) groups is 1. The molecule has 0 aliphatic heterocycles. The van der Waals surface area contributed by atoms with Crippen molar-refractivity contribution in [2.24, 2.45) is 17.6 Å². The highest BCUT2D eigenvalue weighted by molar-refractivity contribution is 5.85. The number of carboxylic acid groups (broad SMARTS) is 1. The molecule has 0 unspecified atom stereocenters. The first-order valence-electron chi connectivity index (χ1n) is 5.52. The highest BCUT2D eigenvalue weighted by atomic mass is 35.5. The number of hydrogen-bond acceptors (Lipinski definition) is 2. The number of nitrogens with two attached hydrogens (primary N) is 1. The van der Waals surface area contributed by atoms with Crippen LogP contribution in [-0.2, 0) is 4.79 Å². The topological polar surface area (TPSA) is 63.3 Å². The van der Waals surface area contributed by atoms with Gasteiger partial charge in [0.2, 0.25) is 0 Å². The predicted molar refractivity (Wildman–Crippen MR) is 65.4 cm³/mol. The standard InChI is InChI=1S/C11H23NO2.ClH/c1-3-4-9(2)7-10(5-6-12)8-11(13)14;/h9-10H,3-8,12H2,1-2H3,(H,13,14);1H/t9-,10-;/m1./s1. The van der Waals surface area contributed by atoms with E-state index in [0.29, 0.717) is 12.5 Å². The quantitative estimate of drug-likeness (QED) is 0.682. The number of carboxylic acids is 1. The third-order valence-corrected chi connectivity index (χ3v) is 2.56. The summed E-state index contributed by atoms with van der Waals surface area (Å²) in [5.41, 5.74) is 5.46. The maximum atomic E-state index is 10.6. The van der Waals surface area contributed by atoms with Crippen molar-refractivity contribution < 1.29 is 9.90 Å². The average molecular weight is 238 g/mol. The van der Waals surface area contributed by atoms with Crippen LogP contribution in [0.5, 0.6) is 0 Å². The second-order valence-electron chi connectivity index (χ2n) is 4.17. The van der Waals surface area contributed by atoms with Crippen molar-refractivity contribution in [2.75, 3.05) is 6.54 Å². The molecule has 0 aromatic carbocycles. The molecule has 0 rings (SSSR count). The van der Waals surface area contributed by atoms with Crippen molar-refractivity contribution in [1.82, 2.24) is 0 Å². The SMILES string of the molecule is CCC[C@@H](C)C[C@@H](CCN)CC(=O)O.Cl. The largest absolute Gasteiger partial charge is 0.481 e. The lowest BCUT2D eigenvalue weighted by Gasteiger charge is -2.18. The highest BCUT2D eigenvalue weighted by Crippen LogP contribution is 2.21. The Kier molecular flexibility index (Phi) is 11.7. The van der Waals surface area contributed by atoms with E-state index in [4.69, 9.17) is 10.8 Å². The van der Waals surface area contributed by atoms with E-state index < -0.39 is 5.97 Å². The molecule has 0 amide bonds. The van der Waals surface area contributed by atoms with Gasteiger partial charge in [-0.3, -0.25) is 4.79 Å². The summed E-state index contributed by atoms with van der Waals surface area (Å²) >= 11 is 0. The van der Waals surface area contributed by atoms with Crippen molar-refractivity contribution in [3.05, 3.63) is 0 Å². The fourth-order valence-electron chi connectivity index (χ4n) is 1.97. The normalized spacial score (nSPS) is 14.1. The van der Waals surface area contributed by atoms with E-state index in [-0.39, 0.29) is 24.7 Å². The van der Waals surface area contributed by atoms with E-state index in [2.05, 4.69) is 13.8 Å². The Morgan fingerprint density at radius 2 is 2.00 bits per heavy atom. The van der Waals surface area contributed by atoms with Gasteiger partial charge in [0.25, 0.3) is 0 Å². The van der Waals surface area contributed by atoms with Crippen LogP contribution >= 0.6 is 12.4 Å². The predicted octanol–water partition coefficient (Wildman–Crippen LogP) is 2.67. The fourth-order valence-corrected chi connectivity index (χ4v) is 1.97.